The molecule has 0 aliphatic carbocycles. The van der Waals surface area contributed by atoms with Crippen molar-refractivity contribution in [1.29, 1.82) is 0 Å². The van der Waals surface area contributed by atoms with E-state index in [1.807, 2.05) is 38.1 Å². The Morgan fingerprint density at radius 1 is 1.20 bits per heavy atom. The number of benzene rings is 1. The normalized spacial score (nSPS) is 20.8. The van der Waals surface area contributed by atoms with Gasteiger partial charge in [0.05, 0.1) is 17.3 Å². The van der Waals surface area contributed by atoms with Gasteiger partial charge >= 0.3 is 7.60 Å². The molecule has 0 radical (unpaired) electrons. The molecule has 0 amide bonds. The van der Waals surface area contributed by atoms with Gasteiger partial charge in [-0.25, -0.2) is 0 Å². The fourth-order valence-corrected chi connectivity index (χ4v) is 4.68. The quantitative estimate of drug-likeness (QED) is 0.272. The second-order valence-electron chi connectivity index (χ2n) is 6.72. The molecule has 140 valence electrons. The van der Waals surface area contributed by atoms with Crippen molar-refractivity contribution >= 4 is 29.1 Å². The molecular weight excluding hydrogens is 365 g/mol. The predicted molar refractivity (Wildman–Crippen MR) is 96.4 cm³/mol. The second kappa shape index (κ2) is 7.29. The number of rotatable bonds is 8. The summed E-state index contributed by atoms with van der Waals surface area (Å²) in [5, 5.41) is 0. The molecule has 0 saturated heterocycles. The van der Waals surface area contributed by atoms with Crippen LogP contribution in [0.3, 0.4) is 0 Å². The van der Waals surface area contributed by atoms with Crippen LogP contribution in [0.4, 0.5) is 5.69 Å². The Kier molecular flexibility index (Phi) is 5.91. The molecule has 1 heterocycles. The average molecular weight is 390 g/mol. The van der Waals surface area contributed by atoms with Crippen molar-refractivity contribution < 1.29 is 31.9 Å². The molecule has 1 unspecified atom stereocenters. The van der Waals surface area contributed by atoms with E-state index in [-0.39, 0.29) is 11.9 Å². The monoisotopic (exact) mass is 390 g/mol. The average Bonchev–Trinajstić information content (AvgIpc) is 2.70. The SMILES string of the molecule is CC1=[N+](CCCCS(=O)(=O)O)c2ccccc2C1(C)CCP(=O)(O)O. The van der Waals surface area contributed by atoms with Crippen LogP contribution in [-0.2, 0) is 20.1 Å². The third-order valence-corrected chi connectivity index (χ3v) is 6.54. The Bertz CT molecular complexity index is 829. The van der Waals surface area contributed by atoms with Crippen molar-refractivity contribution in [3.8, 4) is 0 Å². The predicted octanol–water partition coefficient (Wildman–Crippen LogP) is 2.30. The first kappa shape index (κ1) is 20.3. The summed E-state index contributed by atoms with van der Waals surface area (Å²) in [5.74, 6) is -0.267. The number of hydrogen-bond acceptors (Lipinski definition) is 3. The maximum atomic E-state index is 11.3. The lowest BCUT2D eigenvalue weighted by atomic mass is 9.78. The highest BCUT2D eigenvalue weighted by Crippen LogP contribution is 2.46. The fraction of sp³-hybridized carbons (Fsp3) is 0.562. The van der Waals surface area contributed by atoms with E-state index in [2.05, 4.69) is 4.58 Å². The first-order valence-electron chi connectivity index (χ1n) is 8.15. The van der Waals surface area contributed by atoms with Gasteiger partial charge in [-0.3, -0.25) is 9.12 Å². The first-order valence-corrected chi connectivity index (χ1v) is 11.6. The molecule has 0 bridgehead atoms. The van der Waals surface area contributed by atoms with E-state index in [4.69, 9.17) is 4.55 Å². The summed E-state index contributed by atoms with van der Waals surface area (Å²) < 4.78 is 43.9. The van der Waals surface area contributed by atoms with Crippen molar-refractivity contribution in [2.75, 3.05) is 18.5 Å². The third kappa shape index (κ3) is 4.99. The standard InChI is InChI=1S/C16H24NO6PS/c1-13-16(2,9-11-24(18,19)20)14-7-3-4-8-15(14)17(13)10-5-6-12-25(21,22)23/h3-4,7-8H,5-6,9-12H2,1-2H3,(H2-,18,19,20,21,22,23)/p+1. The number of para-hydroxylation sites is 1. The molecule has 0 fully saturated rings. The summed E-state index contributed by atoms with van der Waals surface area (Å²) in [6.07, 6.45) is 1.08. The Labute approximate surface area is 148 Å². The second-order valence-corrected chi connectivity index (χ2v) is 10.1. The smallest absolute Gasteiger partial charge is 0.324 e. The van der Waals surface area contributed by atoms with Crippen LogP contribution in [0.15, 0.2) is 24.3 Å². The molecule has 7 nitrogen and oxygen atoms in total. The number of nitrogens with zero attached hydrogens (tertiary/aromatic N) is 1. The van der Waals surface area contributed by atoms with Crippen LogP contribution in [0.5, 0.6) is 0 Å². The van der Waals surface area contributed by atoms with Crippen LogP contribution in [0.1, 0.15) is 38.7 Å². The molecule has 25 heavy (non-hydrogen) atoms. The highest BCUT2D eigenvalue weighted by atomic mass is 32.2. The number of unbranched alkanes of at least 4 members (excludes halogenated alkanes) is 1. The summed E-state index contributed by atoms with van der Waals surface area (Å²) in [6.45, 7) is 4.52. The van der Waals surface area contributed by atoms with E-state index >= 15 is 0 Å². The van der Waals surface area contributed by atoms with Gasteiger partial charge < -0.3 is 9.79 Å². The van der Waals surface area contributed by atoms with Crippen molar-refractivity contribution in [2.45, 2.75) is 38.5 Å². The molecule has 1 atom stereocenters. The molecule has 3 N–H and O–H groups in total. The van der Waals surface area contributed by atoms with Gasteiger partial charge in [0.25, 0.3) is 10.1 Å². The Morgan fingerprint density at radius 2 is 1.84 bits per heavy atom. The summed E-state index contributed by atoms with van der Waals surface area (Å²) in [4.78, 5) is 18.5. The zero-order valence-electron chi connectivity index (χ0n) is 14.4. The van der Waals surface area contributed by atoms with Gasteiger partial charge in [-0.05, 0) is 19.8 Å². The fourth-order valence-electron chi connectivity index (χ4n) is 3.38. The Hall–Kier alpha value is -1.05. The van der Waals surface area contributed by atoms with Gasteiger partial charge in [-0.15, -0.1) is 0 Å². The summed E-state index contributed by atoms with van der Waals surface area (Å²) >= 11 is 0. The molecule has 1 aromatic carbocycles. The van der Waals surface area contributed by atoms with E-state index < -0.39 is 23.1 Å². The lowest BCUT2D eigenvalue weighted by molar-refractivity contribution is -0.439. The number of fused-ring (bicyclic) bond motifs is 1. The zero-order chi connectivity index (χ0) is 18.9. The number of hydrogen-bond donors (Lipinski definition) is 3. The minimum atomic E-state index is -4.09. The third-order valence-electron chi connectivity index (χ3n) is 4.93. The Balaban J connectivity index is 2.24. The highest BCUT2D eigenvalue weighted by Gasteiger charge is 2.46. The van der Waals surface area contributed by atoms with Crippen LogP contribution < -0.4 is 0 Å². The molecule has 2 rings (SSSR count). The lowest BCUT2D eigenvalue weighted by Crippen LogP contribution is -2.31. The maximum Gasteiger partial charge on any atom is 0.325 e. The van der Waals surface area contributed by atoms with Crippen LogP contribution >= 0.6 is 7.60 Å². The molecule has 0 aromatic heterocycles. The molecule has 1 aliphatic heterocycles. The van der Waals surface area contributed by atoms with Crippen LogP contribution in [0.25, 0.3) is 0 Å². The van der Waals surface area contributed by atoms with Crippen molar-refractivity contribution in [3.63, 3.8) is 0 Å². The van der Waals surface area contributed by atoms with Crippen LogP contribution in [-0.4, -0.2) is 51.5 Å². The zero-order valence-corrected chi connectivity index (χ0v) is 16.1. The van der Waals surface area contributed by atoms with Gasteiger partial charge in [0.1, 0.15) is 6.54 Å². The van der Waals surface area contributed by atoms with Crippen LogP contribution in [0, 0.1) is 0 Å². The topological polar surface area (TPSA) is 115 Å². The maximum absolute atomic E-state index is 11.3. The molecular formula is C16H25NO6PS+. The van der Waals surface area contributed by atoms with Gasteiger partial charge in [-0.2, -0.15) is 13.0 Å². The molecule has 0 spiro atoms. The van der Waals surface area contributed by atoms with Crippen molar-refractivity contribution in [3.05, 3.63) is 29.8 Å². The van der Waals surface area contributed by atoms with Gasteiger partial charge in [0, 0.05) is 25.0 Å². The molecule has 0 saturated carbocycles. The molecule has 9 heteroatoms. The van der Waals surface area contributed by atoms with E-state index in [1.165, 1.54) is 0 Å². The van der Waals surface area contributed by atoms with Crippen molar-refractivity contribution in [1.82, 2.24) is 0 Å². The molecule has 1 aromatic rings. The highest BCUT2D eigenvalue weighted by molar-refractivity contribution is 7.85. The minimum Gasteiger partial charge on any atom is -0.324 e. The first-order chi connectivity index (χ1) is 11.4. The van der Waals surface area contributed by atoms with Gasteiger partial charge in [-0.1, -0.05) is 18.2 Å². The van der Waals surface area contributed by atoms with Gasteiger partial charge in [0.2, 0.25) is 5.69 Å². The summed E-state index contributed by atoms with van der Waals surface area (Å²) in [5.41, 5.74) is 2.53. The summed E-state index contributed by atoms with van der Waals surface area (Å²) in [6, 6.07) is 7.75. The largest absolute Gasteiger partial charge is 0.325 e. The van der Waals surface area contributed by atoms with Gasteiger partial charge in [0.15, 0.2) is 5.71 Å². The van der Waals surface area contributed by atoms with Crippen molar-refractivity contribution in [2.24, 2.45) is 0 Å². The van der Waals surface area contributed by atoms with Crippen LogP contribution in [0.2, 0.25) is 0 Å². The van der Waals surface area contributed by atoms with E-state index in [0.717, 1.165) is 17.0 Å². The van der Waals surface area contributed by atoms with E-state index in [9.17, 15) is 22.8 Å². The Morgan fingerprint density at radius 3 is 2.44 bits per heavy atom. The van der Waals surface area contributed by atoms with E-state index in [0.29, 0.717) is 25.8 Å². The minimum absolute atomic E-state index is 0.189. The van der Waals surface area contributed by atoms with E-state index in [1.54, 1.807) is 0 Å². The summed E-state index contributed by atoms with van der Waals surface area (Å²) in [7, 11) is -8.04. The lowest BCUT2D eigenvalue weighted by Gasteiger charge is -2.22. The molecule has 1 aliphatic rings.